The maximum absolute atomic E-state index is 14.1. The number of aliphatic carboxylic acids is 1. The van der Waals surface area contributed by atoms with Crippen molar-refractivity contribution in [3.63, 3.8) is 0 Å². The zero-order valence-electron chi connectivity index (χ0n) is 24.6. The number of carboxylic acids is 1. The lowest BCUT2D eigenvalue weighted by molar-refractivity contribution is -0.145. The molecule has 1 saturated carbocycles. The molecule has 0 bridgehead atoms. The molecule has 3 aliphatic rings. The summed E-state index contributed by atoms with van der Waals surface area (Å²) >= 11 is 0. The maximum Gasteiger partial charge on any atom is 0.408 e. The van der Waals surface area contributed by atoms with E-state index in [1.165, 1.54) is 4.90 Å². The Morgan fingerprint density at radius 2 is 1.95 bits per heavy atom. The number of alkyl carbamates (subject to hydrolysis) is 1. The summed E-state index contributed by atoms with van der Waals surface area (Å²) < 4.78 is 5.44. The van der Waals surface area contributed by atoms with Crippen LogP contribution in [0.2, 0.25) is 0 Å². The average Bonchev–Trinajstić information content (AvgIpc) is 3.23. The summed E-state index contributed by atoms with van der Waals surface area (Å²) in [6.07, 6.45) is 7.14. The van der Waals surface area contributed by atoms with Crippen molar-refractivity contribution in [3.8, 4) is 0 Å². The van der Waals surface area contributed by atoms with E-state index in [0.29, 0.717) is 24.8 Å². The number of nitrogens with zero attached hydrogens (tertiary/aromatic N) is 4. The van der Waals surface area contributed by atoms with Crippen LogP contribution in [-0.2, 0) is 19.1 Å². The molecule has 0 radical (unpaired) electrons. The molecule has 1 aliphatic carbocycles. The van der Waals surface area contributed by atoms with Gasteiger partial charge in [0.05, 0.1) is 6.04 Å². The van der Waals surface area contributed by atoms with Gasteiger partial charge in [-0.05, 0) is 65.0 Å². The van der Waals surface area contributed by atoms with Crippen molar-refractivity contribution in [1.29, 1.82) is 0 Å². The molecule has 12 nitrogen and oxygen atoms in total. The number of aryl methyl sites for hydroxylation is 1. The van der Waals surface area contributed by atoms with Gasteiger partial charge >= 0.3 is 12.1 Å². The Morgan fingerprint density at radius 3 is 2.67 bits per heavy atom. The number of amides is 3. The minimum Gasteiger partial charge on any atom is -0.479 e. The Kier molecular flexibility index (Phi) is 8.00. The fraction of sp³-hybridized carbons (Fsp3) is 0.600. The standard InChI is InChI=1S/C30H40N6O6/c1-18-11-10-14-21-24(18)34-36(33-21)20-15-23-25(37)32-30(27(39)40)16-19(30)12-8-6-5-7-9-13-22(26(38)35(23)17-20)31-28(41)42-29(2,3)4/h8,10-12,14,19-20,22-23H,5-7,9,13,15-17H2,1-4H3,(H,31,41)(H,32,37)(H,39,40)/b12-8-/t19-,20+,22-,23+,30+/m1/s1. The molecule has 0 unspecified atom stereocenters. The third-order valence-electron chi connectivity index (χ3n) is 8.28. The predicted octanol–water partition coefficient (Wildman–Crippen LogP) is 3.25. The molecular weight excluding hydrogens is 540 g/mol. The topological polar surface area (TPSA) is 156 Å². The van der Waals surface area contributed by atoms with Crippen molar-refractivity contribution in [3.05, 3.63) is 35.9 Å². The summed E-state index contributed by atoms with van der Waals surface area (Å²) in [7, 11) is 0. The Labute approximate surface area is 244 Å². The summed E-state index contributed by atoms with van der Waals surface area (Å²) in [5, 5.41) is 24.9. The van der Waals surface area contributed by atoms with Gasteiger partial charge in [-0.2, -0.15) is 15.0 Å². The normalized spacial score (nSPS) is 29.5. The van der Waals surface area contributed by atoms with E-state index in [1.54, 1.807) is 25.6 Å². The summed E-state index contributed by atoms with van der Waals surface area (Å²) in [6, 6.07) is 3.39. The van der Waals surface area contributed by atoms with Gasteiger partial charge < -0.3 is 25.4 Å². The molecule has 3 amide bonds. The van der Waals surface area contributed by atoms with E-state index in [4.69, 9.17) is 4.74 Å². The largest absolute Gasteiger partial charge is 0.479 e. The molecular formula is C30H40N6O6. The number of nitrogens with one attached hydrogen (secondary N) is 2. The minimum absolute atomic E-state index is 0.132. The molecule has 1 aromatic carbocycles. The Morgan fingerprint density at radius 1 is 1.17 bits per heavy atom. The first kappa shape index (κ1) is 29.5. The number of carboxylic acid groups (broad SMARTS) is 1. The summed E-state index contributed by atoms with van der Waals surface area (Å²) in [5.74, 6) is -2.36. The molecule has 2 aromatic rings. The van der Waals surface area contributed by atoms with Crippen molar-refractivity contribution in [2.24, 2.45) is 5.92 Å². The van der Waals surface area contributed by atoms with Crippen molar-refractivity contribution in [2.45, 2.75) is 102 Å². The third-order valence-corrected chi connectivity index (χ3v) is 8.28. The molecule has 0 spiro atoms. The second-order valence-corrected chi connectivity index (χ2v) is 12.7. The third kappa shape index (κ3) is 6.12. The first-order valence-electron chi connectivity index (χ1n) is 14.7. The smallest absolute Gasteiger partial charge is 0.408 e. The zero-order chi connectivity index (χ0) is 30.2. The fourth-order valence-electron chi connectivity index (χ4n) is 5.95. The molecule has 3 N–H and O–H groups in total. The molecule has 1 aromatic heterocycles. The number of benzene rings is 1. The van der Waals surface area contributed by atoms with Crippen LogP contribution in [-0.4, -0.2) is 78.6 Å². The number of allylic oxidation sites excluding steroid dienone is 1. The lowest BCUT2D eigenvalue weighted by Gasteiger charge is -2.30. The summed E-state index contributed by atoms with van der Waals surface area (Å²) in [5.41, 5.74) is 0.248. The SMILES string of the molecule is Cc1cccc2nn([C@H]3C[C@H]4C(=O)N[C@@]5(C(=O)O)C[C@H]5/C=C\CCCCC[C@@H](NC(=O)OC(C)(C)C)C(=O)N4C3)nc12. The van der Waals surface area contributed by atoms with Crippen LogP contribution >= 0.6 is 0 Å². The van der Waals surface area contributed by atoms with Gasteiger partial charge in [-0.25, -0.2) is 9.59 Å². The first-order chi connectivity index (χ1) is 19.9. The van der Waals surface area contributed by atoms with Crippen LogP contribution in [0.5, 0.6) is 0 Å². The molecule has 2 aliphatic heterocycles. The molecule has 2 fully saturated rings. The highest BCUT2D eigenvalue weighted by atomic mass is 16.6. The van der Waals surface area contributed by atoms with Crippen LogP contribution < -0.4 is 10.6 Å². The maximum atomic E-state index is 14.1. The van der Waals surface area contributed by atoms with E-state index < -0.39 is 53.1 Å². The second-order valence-electron chi connectivity index (χ2n) is 12.7. The van der Waals surface area contributed by atoms with E-state index in [2.05, 4.69) is 20.8 Å². The van der Waals surface area contributed by atoms with Gasteiger partial charge in [-0.1, -0.05) is 37.1 Å². The quantitative estimate of drug-likeness (QED) is 0.467. The van der Waals surface area contributed by atoms with E-state index in [0.717, 1.165) is 30.3 Å². The number of ether oxygens (including phenoxy) is 1. The van der Waals surface area contributed by atoms with Gasteiger partial charge in [0.2, 0.25) is 11.8 Å². The number of hydrogen-bond acceptors (Lipinski definition) is 7. The fourth-order valence-corrected chi connectivity index (χ4v) is 5.95. The van der Waals surface area contributed by atoms with Gasteiger partial charge in [0.1, 0.15) is 34.3 Å². The molecule has 5 atom stereocenters. The highest BCUT2D eigenvalue weighted by Crippen LogP contribution is 2.45. The van der Waals surface area contributed by atoms with Gasteiger partial charge in [0.15, 0.2) is 0 Å². The zero-order valence-corrected chi connectivity index (χ0v) is 24.6. The van der Waals surface area contributed by atoms with Crippen molar-refractivity contribution < 1.29 is 29.0 Å². The number of rotatable bonds is 3. The second kappa shape index (κ2) is 11.4. The molecule has 5 rings (SSSR count). The van der Waals surface area contributed by atoms with Crippen LogP contribution in [0.3, 0.4) is 0 Å². The van der Waals surface area contributed by atoms with Crippen LogP contribution in [0.4, 0.5) is 4.79 Å². The van der Waals surface area contributed by atoms with Crippen LogP contribution in [0, 0.1) is 12.8 Å². The monoisotopic (exact) mass is 580 g/mol. The van der Waals surface area contributed by atoms with E-state index in [-0.39, 0.29) is 18.9 Å². The van der Waals surface area contributed by atoms with Crippen molar-refractivity contribution >= 4 is 34.9 Å². The summed E-state index contributed by atoms with van der Waals surface area (Å²) in [6.45, 7) is 7.31. The number of carbonyl (C=O) groups excluding carboxylic acids is 3. The lowest BCUT2D eigenvalue weighted by atomic mass is 10.0. The molecule has 3 heterocycles. The molecule has 1 saturated heterocycles. The highest BCUT2D eigenvalue weighted by molar-refractivity contribution is 5.96. The van der Waals surface area contributed by atoms with Crippen LogP contribution in [0.15, 0.2) is 30.4 Å². The van der Waals surface area contributed by atoms with Gasteiger partial charge in [0.25, 0.3) is 0 Å². The highest BCUT2D eigenvalue weighted by Gasteiger charge is 2.61. The number of aromatic nitrogens is 3. The number of fused-ring (bicyclic) bond motifs is 3. The molecule has 42 heavy (non-hydrogen) atoms. The van der Waals surface area contributed by atoms with E-state index >= 15 is 0 Å². The van der Waals surface area contributed by atoms with Crippen molar-refractivity contribution in [2.75, 3.05) is 6.54 Å². The number of hydrogen-bond donors (Lipinski definition) is 3. The molecule has 12 heteroatoms. The van der Waals surface area contributed by atoms with E-state index in [9.17, 15) is 24.3 Å². The molecule has 226 valence electrons. The van der Waals surface area contributed by atoms with Crippen LogP contribution in [0.1, 0.15) is 77.3 Å². The number of carbonyl (C=O) groups is 4. The Hall–Kier alpha value is -3.96. The van der Waals surface area contributed by atoms with Gasteiger partial charge in [0, 0.05) is 18.9 Å². The van der Waals surface area contributed by atoms with E-state index in [1.807, 2.05) is 37.3 Å². The van der Waals surface area contributed by atoms with Crippen LogP contribution in [0.25, 0.3) is 11.0 Å². The van der Waals surface area contributed by atoms with Gasteiger partial charge in [-0.3, -0.25) is 9.59 Å². The lowest BCUT2D eigenvalue weighted by Crippen LogP contribution is -2.56. The Bertz CT molecular complexity index is 1410. The Balaban J connectivity index is 1.47. The van der Waals surface area contributed by atoms with Crippen molar-refractivity contribution in [1.82, 2.24) is 30.5 Å². The average molecular weight is 581 g/mol. The first-order valence-corrected chi connectivity index (χ1v) is 14.7. The minimum atomic E-state index is -1.40. The predicted molar refractivity (Wildman–Crippen MR) is 153 cm³/mol. The summed E-state index contributed by atoms with van der Waals surface area (Å²) in [4.78, 5) is 56.0. The van der Waals surface area contributed by atoms with Gasteiger partial charge in [-0.15, -0.1) is 0 Å².